The normalized spacial score (nSPS) is 40.9. The highest BCUT2D eigenvalue weighted by Gasteiger charge is 2.35. The second-order valence-electron chi connectivity index (χ2n) is 1.98. The molecule has 0 N–H and O–H groups in total. The van der Waals surface area contributed by atoms with Crippen LogP contribution in [0.4, 0.5) is 0 Å². The molecular weight excluding hydrogens is 231 g/mol. The number of allylic oxidation sites excluding steroid dienone is 2. The van der Waals surface area contributed by atoms with Gasteiger partial charge in [0, 0.05) is 14.1 Å². The zero-order valence-electron chi connectivity index (χ0n) is 4.17. The van der Waals surface area contributed by atoms with Crippen molar-refractivity contribution < 1.29 is 0 Å². The van der Waals surface area contributed by atoms with Crippen molar-refractivity contribution in [3.63, 3.8) is 0 Å². The Balaban J connectivity index is 2.28. The average molecular weight is 236 g/mol. The zero-order chi connectivity index (χ0) is 5.56. The van der Waals surface area contributed by atoms with Crippen LogP contribution in [0.1, 0.15) is 0 Å². The van der Waals surface area contributed by atoms with Gasteiger partial charge in [-0.1, -0.05) is 18.2 Å². The van der Waals surface area contributed by atoms with E-state index in [1.807, 2.05) is 11.8 Å². The fourth-order valence-corrected chi connectivity index (χ4v) is 2.50. The van der Waals surface area contributed by atoms with Crippen molar-refractivity contribution in [2.45, 2.75) is 10.5 Å². The Morgan fingerprint density at radius 3 is 3.00 bits per heavy atom. The maximum Gasteiger partial charge on any atom is 0.0401 e. The zero-order valence-corrected chi connectivity index (χ0v) is 7.15. The van der Waals surface area contributed by atoms with Crippen molar-refractivity contribution in [1.29, 1.82) is 0 Å². The molecule has 2 unspecified atom stereocenters. The lowest BCUT2D eigenvalue weighted by Crippen LogP contribution is -1.89. The monoisotopic (exact) mass is 236 g/mol. The van der Waals surface area contributed by atoms with Crippen molar-refractivity contribution >= 4 is 34.4 Å². The van der Waals surface area contributed by atoms with E-state index in [1.54, 1.807) is 0 Å². The second-order valence-corrected chi connectivity index (χ2v) is 4.58. The van der Waals surface area contributed by atoms with Crippen LogP contribution in [0.25, 0.3) is 0 Å². The molecule has 0 aromatic carbocycles. The molecule has 2 aliphatic rings. The lowest BCUT2D eigenvalue weighted by atomic mass is 10.2. The number of hydrogen-bond donors (Lipinski definition) is 0. The topological polar surface area (TPSA) is 0 Å². The summed E-state index contributed by atoms with van der Waals surface area (Å²) in [5.74, 6) is 0. The van der Waals surface area contributed by atoms with Crippen molar-refractivity contribution in [3.05, 3.63) is 21.8 Å². The van der Waals surface area contributed by atoms with Crippen LogP contribution in [0, 0.1) is 0 Å². The Labute approximate surface area is 66.6 Å². The van der Waals surface area contributed by atoms with Crippen LogP contribution in [0.2, 0.25) is 0 Å². The molecule has 0 saturated carbocycles. The summed E-state index contributed by atoms with van der Waals surface area (Å²) in [6.07, 6.45) is 6.81. The van der Waals surface area contributed by atoms with E-state index in [9.17, 15) is 0 Å². The van der Waals surface area contributed by atoms with Crippen LogP contribution in [0.5, 0.6) is 0 Å². The molecule has 2 rings (SSSR count). The van der Waals surface area contributed by atoms with Crippen molar-refractivity contribution in [2.24, 2.45) is 0 Å². The maximum absolute atomic E-state index is 2.36. The van der Waals surface area contributed by atoms with Gasteiger partial charge in [-0.3, -0.25) is 0 Å². The fraction of sp³-hybridized carbons (Fsp3) is 0.333. The molecule has 0 aromatic heterocycles. The third-order valence-electron chi connectivity index (χ3n) is 1.33. The molecule has 2 atom stereocenters. The Kier molecular flexibility index (Phi) is 1.18. The standard InChI is InChI=1S/C6H5IS/c7-4-1-2-5-6(3-4)8-5/h1-3,5-6H. The minimum absolute atomic E-state index is 0.840. The average Bonchev–Trinajstić information content (AvgIpc) is 2.43. The predicted octanol–water partition coefficient (Wildman–Crippen LogP) is 2.36. The first-order valence-electron chi connectivity index (χ1n) is 2.57. The molecule has 1 saturated heterocycles. The van der Waals surface area contributed by atoms with Crippen molar-refractivity contribution in [3.8, 4) is 0 Å². The van der Waals surface area contributed by atoms with Crippen molar-refractivity contribution in [2.75, 3.05) is 0 Å². The van der Waals surface area contributed by atoms with Gasteiger partial charge >= 0.3 is 0 Å². The number of fused-ring (bicyclic) bond motifs is 1. The molecule has 0 amide bonds. The molecule has 0 spiro atoms. The van der Waals surface area contributed by atoms with E-state index in [0.29, 0.717) is 0 Å². The third kappa shape index (κ3) is 0.838. The molecular formula is C6H5IS. The molecule has 0 bridgehead atoms. The summed E-state index contributed by atoms with van der Waals surface area (Å²) in [5, 5.41) is 1.68. The Morgan fingerprint density at radius 1 is 1.50 bits per heavy atom. The smallest absolute Gasteiger partial charge is 0.0401 e. The van der Waals surface area contributed by atoms with Crippen LogP contribution in [0.3, 0.4) is 0 Å². The van der Waals surface area contributed by atoms with Gasteiger partial charge in [0.05, 0.1) is 0 Å². The number of halogens is 1. The first-order valence-corrected chi connectivity index (χ1v) is 4.59. The summed E-state index contributed by atoms with van der Waals surface area (Å²) in [4.78, 5) is 0. The van der Waals surface area contributed by atoms with Crippen LogP contribution in [-0.4, -0.2) is 10.5 Å². The van der Waals surface area contributed by atoms with Gasteiger partial charge in [-0.2, -0.15) is 0 Å². The molecule has 2 heteroatoms. The Morgan fingerprint density at radius 2 is 2.38 bits per heavy atom. The van der Waals surface area contributed by atoms with Crippen molar-refractivity contribution in [1.82, 2.24) is 0 Å². The third-order valence-corrected chi connectivity index (χ3v) is 3.24. The quantitative estimate of drug-likeness (QED) is 0.459. The molecule has 1 aliphatic heterocycles. The number of thioether (sulfide) groups is 1. The fourth-order valence-electron chi connectivity index (χ4n) is 0.824. The minimum Gasteiger partial charge on any atom is -0.144 e. The van der Waals surface area contributed by atoms with Gasteiger partial charge in [-0.25, -0.2) is 0 Å². The number of rotatable bonds is 0. The van der Waals surface area contributed by atoms with Gasteiger partial charge in [0.15, 0.2) is 0 Å². The summed E-state index contributed by atoms with van der Waals surface area (Å²) in [6.45, 7) is 0. The van der Waals surface area contributed by atoms with Gasteiger partial charge in [0.2, 0.25) is 0 Å². The molecule has 1 fully saturated rings. The SMILES string of the molecule is IC1=CC2SC2C=C1. The lowest BCUT2D eigenvalue weighted by Gasteiger charge is -1.92. The molecule has 1 aliphatic carbocycles. The first-order chi connectivity index (χ1) is 3.86. The van der Waals surface area contributed by atoms with Gasteiger partial charge in [-0.05, 0) is 22.6 Å². The summed E-state index contributed by atoms with van der Waals surface area (Å²) >= 11 is 4.39. The van der Waals surface area contributed by atoms with E-state index in [2.05, 4.69) is 40.8 Å². The van der Waals surface area contributed by atoms with Crippen LogP contribution in [0.15, 0.2) is 21.8 Å². The predicted molar refractivity (Wildman–Crippen MR) is 46.4 cm³/mol. The summed E-state index contributed by atoms with van der Waals surface area (Å²) < 4.78 is 1.40. The van der Waals surface area contributed by atoms with Crippen LogP contribution < -0.4 is 0 Å². The molecule has 1 heterocycles. The van der Waals surface area contributed by atoms with Crippen LogP contribution in [-0.2, 0) is 0 Å². The molecule has 42 valence electrons. The van der Waals surface area contributed by atoms with E-state index in [1.165, 1.54) is 3.58 Å². The maximum atomic E-state index is 2.36. The van der Waals surface area contributed by atoms with E-state index in [0.717, 1.165) is 10.5 Å². The summed E-state index contributed by atoms with van der Waals surface area (Å²) in [5.41, 5.74) is 0. The van der Waals surface area contributed by atoms with E-state index >= 15 is 0 Å². The highest BCUT2D eigenvalue weighted by Crippen LogP contribution is 2.46. The van der Waals surface area contributed by atoms with E-state index in [-0.39, 0.29) is 0 Å². The van der Waals surface area contributed by atoms with Gasteiger partial charge in [0.25, 0.3) is 0 Å². The highest BCUT2D eigenvalue weighted by atomic mass is 127. The van der Waals surface area contributed by atoms with Gasteiger partial charge in [-0.15, -0.1) is 11.8 Å². The second kappa shape index (κ2) is 1.77. The Hall–Kier alpha value is 0.560. The van der Waals surface area contributed by atoms with Gasteiger partial charge < -0.3 is 0 Å². The minimum atomic E-state index is 0.840. The molecule has 0 radical (unpaired) electrons. The van der Waals surface area contributed by atoms with Crippen LogP contribution >= 0.6 is 34.4 Å². The lowest BCUT2D eigenvalue weighted by molar-refractivity contribution is 1.21. The molecule has 0 nitrogen and oxygen atoms in total. The molecule has 8 heavy (non-hydrogen) atoms. The van der Waals surface area contributed by atoms with Gasteiger partial charge in [0.1, 0.15) is 0 Å². The summed E-state index contributed by atoms with van der Waals surface area (Å²) in [7, 11) is 0. The highest BCUT2D eigenvalue weighted by molar-refractivity contribution is 14.1. The Bertz CT molecular complexity index is 171. The largest absolute Gasteiger partial charge is 0.144 e. The molecule has 0 aromatic rings. The van der Waals surface area contributed by atoms with E-state index < -0.39 is 0 Å². The first kappa shape index (κ1) is 5.35. The van der Waals surface area contributed by atoms with E-state index in [4.69, 9.17) is 0 Å². The number of hydrogen-bond acceptors (Lipinski definition) is 1. The summed E-state index contributed by atoms with van der Waals surface area (Å²) in [6, 6.07) is 0.